The van der Waals surface area contributed by atoms with Crippen LogP contribution < -0.4 is 9.47 Å². The van der Waals surface area contributed by atoms with Gasteiger partial charge in [-0.3, -0.25) is 0 Å². The van der Waals surface area contributed by atoms with Crippen molar-refractivity contribution in [2.75, 3.05) is 6.79 Å². The van der Waals surface area contributed by atoms with Gasteiger partial charge in [-0.1, -0.05) is 37.9 Å². The summed E-state index contributed by atoms with van der Waals surface area (Å²) in [4.78, 5) is 0. The molecule has 18 heavy (non-hydrogen) atoms. The van der Waals surface area contributed by atoms with Gasteiger partial charge >= 0.3 is 0 Å². The molecule has 0 spiro atoms. The van der Waals surface area contributed by atoms with Gasteiger partial charge in [-0.25, -0.2) is 0 Å². The van der Waals surface area contributed by atoms with Gasteiger partial charge in [0.15, 0.2) is 11.5 Å². The molecule has 1 aromatic rings. The van der Waals surface area contributed by atoms with Crippen LogP contribution in [0.2, 0.25) is 19.6 Å². The zero-order valence-electron chi connectivity index (χ0n) is 11.1. The minimum absolute atomic E-state index is 0.324. The molecule has 0 N–H and O–H groups in total. The van der Waals surface area contributed by atoms with Gasteiger partial charge in [0.2, 0.25) is 6.79 Å². The van der Waals surface area contributed by atoms with Gasteiger partial charge in [0, 0.05) is 6.42 Å². The molecule has 2 rings (SSSR count). The van der Waals surface area contributed by atoms with E-state index in [2.05, 4.69) is 43.3 Å². The van der Waals surface area contributed by atoms with E-state index in [1.165, 1.54) is 0 Å². The SMILES string of the molecule is C[Si](C)(C)C#CC/C=C/c1ccc2c(c1)OCO2. The van der Waals surface area contributed by atoms with Gasteiger partial charge in [0.05, 0.1) is 0 Å². The molecule has 0 amide bonds. The van der Waals surface area contributed by atoms with Crippen LogP contribution in [-0.4, -0.2) is 14.9 Å². The Hall–Kier alpha value is -1.66. The molecule has 0 aromatic heterocycles. The highest BCUT2D eigenvalue weighted by molar-refractivity contribution is 6.83. The Morgan fingerprint density at radius 2 is 2.00 bits per heavy atom. The third-order valence-corrected chi connectivity index (χ3v) is 3.32. The van der Waals surface area contributed by atoms with Crippen LogP contribution in [0.3, 0.4) is 0 Å². The summed E-state index contributed by atoms with van der Waals surface area (Å²) in [5.74, 6) is 4.87. The van der Waals surface area contributed by atoms with Crippen LogP contribution in [0.4, 0.5) is 0 Å². The highest BCUT2D eigenvalue weighted by Crippen LogP contribution is 2.32. The van der Waals surface area contributed by atoms with Gasteiger partial charge in [0.1, 0.15) is 8.07 Å². The van der Waals surface area contributed by atoms with Crippen LogP contribution in [0.15, 0.2) is 24.3 Å². The first-order valence-corrected chi connectivity index (χ1v) is 9.61. The zero-order chi connectivity index (χ0) is 13.0. The fourth-order valence-electron chi connectivity index (χ4n) is 1.59. The van der Waals surface area contributed by atoms with E-state index in [0.29, 0.717) is 6.79 Å². The van der Waals surface area contributed by atoms with Crippen LogP contribution in [-0.2, 0) is 0 Å². The van der Waals surface area contributed by atoms with Crippen molar-refractivity contribution in [3.05, 3.63) is 29.8 Å². The number of fused-ring (bicyclic) bond motifs is 1. The Morgan fingerprint density at radius 3 is 2.78 bits per heavy atom. The van der Waals surface area contributed by atoms with Crippen molar-refractivity contribution in [3.8, 4) is 23.0 Å². The zero-order valence-corrected chi connectivity index (χ0v) is 12.1. The molecule has 0 saturated heterocycles. The highest BCUT2D eigenvalue weighted by atomic mass is 28.3. The van der Waals surface area contributed by atoms with Crippen LogP contribution in [0.1, 0.15) is 12.0 Å². The molecule has 1 aromatic carbocycles. The number of hydrogen-bond donors (Lipinski definition) is 0. The molecule has 0 bridgehead atoms. The van der Waals surface area contributed by atoms with E-state index in [1.54, 1.807) is 0 Å². The van der Waals surface area contributed by atoms with E-state index in [0.717, 1.165) is 23.5 Å². The summed E-state index contributed by atoms with van der Waals surface area (Å²) in [5, 5.41) is 0. The molecule has 0 fully saturated rings. The lowest BCUT2D eigenvalue weighted by Crippen LogP contribution is -2.16. The highest BCUT2D eigenvalue weighted by Gasteiger charge is 2.11. The molecule has 0 saturated carbocycles. The first kappa shape index (κ1) is 12.8. The van der Waals surface area contributed by atoms with Gasteiger partial charge in [-0.05, 0) is 17.7 Å². The Morgan fingerprint density at radius 1 is 1.22 bits per heavy atom. The second-order valence-corrected chi connectivity index (χ2v) is 10.0. The van der Waals surface area contributed by atoms with Crippen molar-refractivity contribution in [1.29, 1.82) is 0 Å². The third kappa shape index (κ3) is 3.68. The topological polar surface area (TPSA) is 18.5 Å². The molecule has 0 atom stereocenters. The van der Waals surface area contributed by atoms with Crippen LogP contribution in [0, 0.1) is 11.5 Å². The molecule has 0 radical (unpaired) electrons. The van der Waals surface area contributed by atoms with Crippen molar-refractivity contribution < 1.29 is 9.47 Å². The summed E-state index contributed by atoms with van der Waals surface area (Å²) in [6.45, 7) is 7.08. The minimum Gasteiger partial charge on any atom is -0.454 e. The van der Waals surface area contributed by atoms with Gasteiger partial charge in [-0.15, -0.1) is 11.5 Å². The molecule has 0 aliphatic carbocycles. The van der Waals surface area contributed by atoms with E-state index < -0.39 is 8.07 Å². The molecule has 3 heteroatoms. The number of rotatable bonds is 2. The van der Waals surface area contributed by atoms with E-state index in [4.69, 9.17) is 9.47 Å². The largest absolute Gasteiger partial charge is 0.454 e. The predicted octanol–water partition coefficient (Wildman–Crippen LogP) is 3.70. The summed E-state index contributed by atoms with van der Waals surface area (Å²) < 4.78 is 10.6. The van der Waals surface area contributed by atoms with Crippen molar-refractivity contribution in [2.24, 2.45) is 0 Å². The predicted molar refractivity (Wildman–Crippen MR) is 77.3 cm³/mol. The molecule has 0 unspecified atom stereocenters. The third-order valence-electron chi connectivity index (χ3n) is 2.39. The Bertz CT molecular complexity index is 516. The van der Waals surface area contributed by atoms with E-state index >= 15 is 0 Å². The fraction of sp³-hybridized carbons (Fsp3) is 0.333. The maximum atomic E-state index is 5.33. The molecular weight excluding hydrogens is 240 g/mol. The number of benzene rings is 1. The van der Waals surface area contributed by atoms with Crippen molar-refractivity contribution >= 4 is 14.1 Å². The monoisotopic (exact) mass is 258 g/mol. The minimum atomic E-state index is -1.23. The molecule has 2 nitrogen and oxygen atoms in total. The Balaban J connectivity index is 1.95. The Kier molecular flexibility index (Phi) is 3.78. The standard InChI is InChI=1S/C15H18O2Si/c1-18(2,3)10-6-4-5-7-13-8-9-14-15(11-13)17-12-16-14/h5,7-9,11H,4,12H2,1-3H3/b7-5+. The lowest BCUT2D eigenvalue weighted by Gasteiger charge is -2.02. The fourth-order valence-corrected chi connectivity index (χ4v) is 2.22. The van der Waals surface area contributed by atoms with E-state index in [9.17, 15) is 0 Å². The Labute approximate surface area is 110 Å². The van der Waals surface area contributed by atoms with Gasteiger partial charge in [0.25, 0.3) is 0 Å². The average molecular weight is 258 g/mol. The lowest BCUT2D eigenvalue weighted by molar-refractivity contribution is 0.174. The van der Waals surface area contributed by atoms with E-state index in [-0.39, 0.29) is 0 Å². The number of ether oxygens (including phenoxy) is 2. The number of allylic oxidation sites excluding steroid dienone is 1. The normalized spacial score (nSPS) is 13.5. The second kappa shape index (κ2) is 5.32. The van der Waals surface area contributed by atoms with Gasteiger partial charge in [-0.2, -0.15) is 0 Å². The molecular formula is C15H18O2Si. The van der Waals surface area contributed by atoms with Crippen molar-refractivity contribution in [2.45, 2.75) is 26.1 Å². The molecule has 1 aliphatic heterocycles. The second-order valence-electron chi connectivity index (χ2n) is 5.27. The molecule has 94 valence electrons. The maximum Gasteiger partial charge on any atom is 0.231 e. The number of hydrogen-bond acceptors (Lipinski definition) is 2. The average Bonchev–Trinajstić information content (AvgIpc) is 2.74. The molecule has 1 heterocycles. The maximum absolute atomic E-state index is 5.33. The summed E-state index contributed by atoms with van der Waals surface area (Å²) in [7, 11) is -1.23. The lowest BCUT2D eigenvalue weighted by atomic mass is 10.2. The summed E-state index contributed by atoms with van der Waals surface area (Å²) >= 11 is 0. The summed E-state index contributed by atoms with van der Waals surface area (Å²) in [5.41, 5.74) is 4.46. The van der Waals surface area contributed by atoms with Crippen molar-refractivity contribution in [1.82, 2.24) is 0 Å². The molecule has 1 aliphatic rings. The summed E-state index contributed by atoms with van der Waals surface area (Å²) in [6, 6.07) is 5.95. The van der Waals surface area contributed by atoms with Gasteiger partial charge < -0.3 is 9.47 Å². The summed E-state index contributed by atoms with van der Waals surface area (Å²) in [6.07, 6.45) is 4.96. The first-order valence-electron chi connectivity index (χ1n) is 6.11. The van der Waals surface area contributed by atoms with Crippen LogP contribution in [0.25, 0.3) is 6.08 Å². The van der Waals surface area contributed by atoms with Crippen LogP contribution >= 0.6 is 0 Å². The quantitative estimate of drug-likeness (QED) is 0.595. The smallest absolute Gasteiger partial charge is 0.231 e. The first-order chi connectivity index (χ1) is 8.54. The van der Waals surface area contributed by atoms with Crippen LogP contribution in [0.5, 0.6) is 11.5 Å². The van der Waals surface area contributed by atoms with Crippen molar-refractivity contribution in [3.63, 3.8) is 0 Å². The van der Waals surface area contributed by atoms with E-state index in [1.807, 2.05) is 18.2 Å².